The van der Waals surface area contributed by atoms with E-state index in [2.05, 4.69) is 0 Å². The van der Waals surface area contributed by atoms with Crippen molar-refractivity contribution in [2.24, 2.45) is 0 Å². The van der Waals surface area contributed by atoms with Crippen molar-refractivity contribution in [1.82, 2.24) is 4.57 Å². The van der Waals surface area contributed by atoms with Gasteiger partial charge in [0.05, 0.1) is 6.61 Å². The van der Waals surface area contributed by atoms with Crippen molar-refractivity contribution in [3.05, 3.63) is 28.7 Å². The summed E-state index contributed by atoms with van der Waals surface area (Å²) >= 11 is 0. The Labute approximate surface area is 87.5 Å². The second-order valence-electron chi connectivity index (χ2n) is 3.15. The number of aromatic nitrogens is 1. The van der Waals surface area contributed by atoms with E-state index in [-0.39, 0.29) is 12.1 Å². The summed E-state index contributed by atoms with van der Waals surface area (Å²) in [5.41, 5.74) is 5.67. The highest BCUT2D eigenvalue weighted by molar-refractivity contribution is 5.69. The van der Waals surface area contributed by atoms with Crippen molar-refractivity contribution in [2.75, 3.05) is 12.3 Å². The van der Waals surface area contributed by atoms with Crippen LogP contribution in [0.2, 0.25) is 0 Å². The first kappa shape index (κ1) is 11.3. The van der Waals surface area contributed by atoms with Crippen LogP contribution in [0.4, 0.5) is 5.69 Å². The number of nitrogens with two attached hydrogens (primary N) is 1. The summed E-state index contributed by atoms with van der Waals surface area (Å²) < 4.78 is 6.08. The quantitative estimate of drug-likeness (QED) is 0.729. The molecule has 2 N–H and O–H groups in total. The van der Waals surface area contributed by atoms with Gasteiger partial charge in [0.2, 0.25) is 0 Å². The van der Waals surface area contributed by atoms with Gasteiger partial charge in [0.1, 0.15) is 6.54 Å². The topological polar surface area (TPSA) is 74.3 Å². The molecule has 0 aliphatic heterocycles. The van der Waals surface area contributed by atoms with Crippen LogP contribution >= 0.6 is 0 Å². The minimum atomic E-state index is -0.426. The fourth-order valence-corrected chi connectivity index (χ4v) is 1.07. The molecule has 0 radical (unpaired) electrons. The fourth-order valence-electron chi connectivity index (χ4n) is 1.07. The van der Waals surface area contributed by atoms with Crippen LogP contribution in [-0.2, 0) is 16.1 Å². The molecule has 1 aromatic heterocycles. The molecular formula is C10H14N2O3. The van der Waals surface area contributed by atoms with Gasteiger partial charge in [-0.1, -0.05) is 6.92 Å². The molecule has 1 rings (SSSR count). The van der Waals surface area contributed by atoms with E-state index in [1.807, 2.05) is 6.92 Å². The Kier molecular flexibility index (Phi) is 3.91. The van der Waals surface area contributed by atoms with Crippen LogP contribution in [0.25, 0.3) is 0 Å². The molecule has 0 saturated carbocycles. The van der Waals surface area contributed by atoms with Gasteiger partial charge in [-0.3, -0.25) is 9.59 Å². The van der Waals surface area contributed by atoms with Gasteiger partial charge in [-0.25, -0.2) is 0 Å². The molecule has 0 bridgehead atoms. The third-order valence-electron chi connectivity index (χ3n) is 1.77. The van der Waals surface area contributed by atoms with Crippen molar-refractivity contribution < 1.29 is 9.53 Å². The Bertz CT molecular complexity index is 398. The van der Waals surface area contributed by atoms with Crippen molar-refractivity contribution in [3.8, 4) is 0 Å². The van der Waals surface area contributed by atoms with Crippen LogP contribution in [0.15, 0.2) is 23.1 Å². The average molecular weight is 210 g/mol. The molecule has 0 amide bonds. The maximum Gasteiger partial charge on any atom is 0.326 e. The lowest BCUT2D eigenvalue weighted by atomic mass is 10.4. The number of rotatable bonds is 4. The molecule has 15 heavy (non-hydrogen) atoms. The maximum absolute atomic E-state index is 11.3. The van der Waals surface area contributed by atoms with Gasteiger partial charge in [0.15, 0.2) is 0 Å². The molecular weight excluding hydrogens is 196 g/mol. The first-order valence-corrected chi connectivity index (χ1v) is 4.75. The number of hydrogen-bond donors (Lipinski definition) is 1. The summed E-state index contributed by atoms with van der Waals surface area (Å²) in [7, 11) is 0. The number of carbonyl (C=O) groups excluding carboxylic acids is 1. The lowest BCUT2D eigenvalue weighted by Crippen LogP contribution is -2.24. The van der Waals surface area contributed by atoms with Crippen LogP contribution in [0, 0.1) is 0 Å². The molecule has 5 heteroatoms. The molecule has 1 heterocycles. The zero-order valence-electron chi connectivity index (χ0n) is 8.60. The number of pyridine rings is 1. The summed E-state index contributed by atoms with van der Waals surface area (Å²) in [5.74, 6) is -0.426. The highest BCUT2D eigenvalue weighted by atomic mass is 16.5. The molecule has 0 aliphatic rings. The van der Waals surface area contributed by atoms with Crippen LogP contribution in [0.5, 0.6) is 0 Å². The second-order valence-corrected chi connectivity index (χ2v) is 3.15. The monoisotopic (exact) mass is 210 g/mol. The van der Waals surface area contributed by atoms with Crippen LogP contribution < -0.4 is 11.3 Å². The minimum absolute atomic E-state index is 0.0934. The van der Waals surface area contributed by atoms with E-state index in [1.54, 1.807) is 0 Å². The third kappa shape index (κ3) is 3.46. The second kappa shape index (κ2) is 5.19. The molecule has 1 aromatic rings. The van der Waals surface area contributed by atoms with Crippen molar-refractivity contribution in [2.45, 2.75) is 19.9 Å². The van der Waals surface area contributed by atoms with Crippen molar-refractivity contribution in [3.63, 3.8) is 0 Å². The average Bonchev–Trinajstić information content (AvgIpc) is 2.20. The first-order chi connectivity index (χ1) is 7.13. The fraction of sp³-hybridized carbons (Fsp3) is 0.400. The molecule has 0 atom stereocenters. The van der Waals surface area contributed by atoms with Gasteiger partial charge in [-0.2, -0.15) is 0 Å². The summed E-state index contributed by atoms with van der Waals surface area (Å²) in [6.07, 6.45) is 2.19. The Hall–Kier alpha value is -1.78. The van der Waals surface area contributed by atoms with E-state index in [0.717, 1.165) is 6.42 Å². The van der Waals surface area contributed by atoms with E-state index in [4.69, 9.17) is 10.5 Å². The number of ether oxygens (including phenoxy) is 1. The lowest BCUT2D eigenvalue weighted by Gasteiger charge is -2.06. The third-order valence-corrected chi connectivity index (χ3v) is 1.77. The number of hydrogen-bond acceptors (Lipinski definition) is 4. The van der Waals surface area contributed by atoms with Gasteiger partial charge in [-0.15, -0.1) is 0 Å². The molecule has 0 aliphatic carbocycles. The van der Waals surface area contributed by atoms with Crippen LogP contribution in [0.3, 0.4) is 0 Å². The predicted octanol–water partition coefficient (Wildman–Crippen LogP) is 0.384. The van der Waals surface area contributed by atoms with E-state index in [9.17, 15) is 9.59 Å². The van der Waals surface area contributed by atoms with Crippen molar-refractivity contribution in [1.29, 1.82) is 0 Å². The Morgan fingerprint density at radius 1 is 1.53 bits per heavy atom. The van der Waals surface area contributed by atoms with E-state index < -0.39 is 5.97 Å². The zero-order chi connectivity index (χ0) is 11.3. The van der Waals surface area contributed by atoms with Gasteiger partial charge in [0, 0.05) is 18.0 Å². The molecule has 0 aromatic carbocycles. The van der Waals surface area contributed by atoms with E-state index in [1.165, 1.54) is 22.9 Å². The largest absolute Gasteiger partial charge is 0.464 e. The Morgan fingerprint density at radius 3 is 2.93 bits per heavy atom. The number of esters is 1. The summed E-state index contributed by atoms with van der Waals surface area (Å²) in [4.78, 5) is 22.5. The summed E-state index contributed by atoms with van der Waals surface area (Å²) in [5, 5.41) is 0. The molecule has 5 nitrogen and oxygen atoms in total. The molecule has 0 fully saturated rings. The standard InChI is InChI=1S/C10H14N2O3/c1-2-5-15-10(14)7-12-6-8(11)3-4-9(12)13/h3-4,6H,2,5,7,11H2,1H3. The van der Waals surface area contributed by atoms with E-state index in [0.29, 0.717) is 12.3 Å². The summed E-state index contributed by atoms with van der Waals surface area (Å²) in [6.45, 7) is 2.18. The van der Waals surface area contributed by atoms with Gasteiger partial charge in [-0.05, 0) is 12.5 Å². The SMILES string of the molecule is CCCOC(=O)Cn1cc(N)ccc1=O. The lowest BCUT2D eigenvalue weighted by molar-refractivity contribution is -0.144. The molecule has 0 saturated heterocycles. The van der Waals surface area contributed by atoms with Crippen LogP contribution in [0.1, 0.15) is 13.3 Å². The number of nitrogen functional groups attached to an aromatic ring is 1. The zero-order valence-corrected chi connectivity index (χ0v) is 8.60. The van der Waals surface area contributed by atoms with Crippen molar-refractivity contribution >= 4 is 11.7 Å². The number of nitrogens with zero attached hydrogens (tertiary/aromatic N) is 1. The van der Waals surface area contributed by atoms with Gasteiger partial charge >= 0.3 is 5.97 Å². The number of anilines is 1. The highest BCUT2D eigenvalue weighted by Crippen LogP contribution is 1.96. The predicted molar refractivity (Wildman–Crippen MR) is 56.4 cm³/mol. The highest BCUT2D eigenvalue weighted by Gasteiger charge is 2.05. The Balaban J connectivity index is 2.68. The normalized spacial score (nSPS) is 9.93. The maximum atomic E-state index is 11.3. The Morgan fingerprint density at radius 2 is 2.27 bits per heavy atom. The van der Waals surface area contributed by atoms with Crippen LogP contribution in [-0.4, -0.2) is 17.1 Å². The van der Waals surface area contributed by atoms with Gasteiger partial charge in [0.25, 0.3) is 5.56 Å². The number of carbonyl (C=O) groups is 1. The smallest absolute Gasteiger partial charge is 0.326 e. The minimum Gasteiger partial charge on any atom is -0.464 e. The van der Waals surface area contributed by atoms with E-state index >= 15 is 0 Å². The molecule has 82 valence electrons. The first-order valence-electron chi connectivity index (χ1n) is 4.75. The molecule has 0 unspecified atom stereocenters. The summed E-state index contributed by atoms with van der Waals surface area (Å²) in [6, 6.07) is 2.82. The van der Waals surface area contributed by atoms with Gasteiger partial charge < -0.3 is 15.0 Å². The molecule has 0 spiro atoms.